The van der Waals surface area contributed by atoms with Crippen LogP contribution in [0, 0.1) is 11.8 Å². The molecule has 0 aromatic heterocycles. The zero-order valence-corrected chi connectivity index (χ0v) is 7.10. The Labute approximate surface area is 71.4 Å². The molecule has 2 rings (SSSR count). The van der Waals surface area contributed by atoms with Crippen LogP contribution in [0.3, 0.4) is 0 Å². The van der Waals surface area contributed by atoms with Gasteiger partial charge in [-0.2, -0.15) is 0 Å². The van der Waals surface area contributed by atoms with Gasteiger partial charge in [-0.05, 0) is 25.2 Å². The Bertz CT molecular complexity index is 216. The van der Waals surface area contributed by atoms with E-state index < -0.39 is 0 Å². The van der Waals surface area contributed by atoms with Crippen molar-refractivity contribution in [3.63, 3.8) is 0 Å². The van der Waals surface area contributed by atoms with E-state index in [0.717, 1.165) is 11.5 Å². The third-order valence-corrected chi connectivity index (χ3v) is 2.83. The van der Waals surface area contributed by atoms with E-state index in [-0.39, 0.29) is 0 Å². The SMILES string of the molecule is O=C1CC(Cl)=CCC1C1CC1. The van der Waals surface area contributed by atoms with Crippen LogP contribution >= 0.6 is 11.6 Å². The van der Waals surface area contributed by atoms with E-state index in [4.69, 9.17) is 11.6 Å². The van der Waals surface area contributed by atoms with Gasteiger partial charge in [0.2, 0.25) is 0 Å². The molecular formula is C9H11ClO. The van der Waals surface area contributed by atoms with Crippen LogP contribution in [0.5, 0.6) is 0 Å². The van der Waals surface area contributed by atoms with Gasteiger partial charge >= 0.3 is 0 Å². The third kappa shape index (κ3) is 1.48. The lowest BCUT2D eigenvalue weighted by molar-refractivity contribution is -0.123. The first kappa shape index (κ1) is 7.35. The molecule has 0 spiro atoms. The minimum absolute atomic E-state index is 0.317. The molecule has 0 heterocycles. The summed E-state index contributed by atoms with van der Waals surface area (Å²) < 4.78 is 0. The smallest absolute Gasteiger partial charge is 0.141 e. The van der Waals surface area contributed by atoms with E-state index in [1.807, 2.05) is 6.08 Å². The molecular weight excluding hydrogens is 160 g/mol. The molecule has 1 nitrogen and oxygen atoms in total. The molecule has 0 amide bonds. The van der Waals surface area contributed by atoms with E-state index >= 15 is 0 Å². The van der Waals surface area contributed by atoms with Crippen molar-refractivity contribution in [2.45, 2.75) is 25.7 Å². The van der Waals surface area contributed by atoms with Crippen LogP contribution in [0.4, 0.5) is 0 Å². The van der Waals surface area contributed by atoms with Crippen LogP contribution in [0.2, 0.25) is 0 Å². The number of hydrogen-bond donors (Lipinski definition) is 0. The van der Waals surface area contributed by atoms with Crippen molar-refractivity contribution in [1.29, 1.82) is 0 Å². The van der Waals surface area contributed by atoms with Gasteiger partial charge in [-0.15, -0.1) is 0 Å². The molecule has 0 saturated heterocycles. The van der Waals surface area contributed by atoms with Crippen molar-refractivity contribution < 1.29 is 4.79 Å². The Morgan fingerprint density at radius 2 is 2.18 bits per heavy atom. The minimum atomic E-state index is 0.317. The predicted molar refractivity (Wildman–Crippen MR) is 44.4 cm³/mol. The standard InChI is InChI=1S/C9H11ClO/c10-7-3-4-8(6-1-2-6)9(11)5-7/h3,6,8H,1-2,4-5H2. The van der Waals surface area contributed by atoms with Crippen LogP contribution in [0.25, 0.3) is 0 Å². The van der Waals surface area contributed by atoms with Gasteiger partial charge in [0.05, 0.1) is 0 Å². The summed E-state index contributed by atoms with van der Waals surface area (Å²) >= 11 is 5.74. The highest BCUT2D eigenvalue weighted by atomic mass is 35.5. The van der Waals surface area contributed by atoms with Gasteiger partial charge in [-0.3, -0.25) is 4.79 Å². The normalized spacial score (nSPS) is 31.9. The summed E-state index contributed by atoms with van der Waals surface area (Å²) in [4.78, 5) is 11.4. The summed E-state index contributed by atoms with van der Waals surface area (Å²) in [7, 11) is 0. The Morgan fingerprint density at radius 3 is 2.73 bits per heavy atom. The number of Topliss-reactive ketones (excluding diaryl/α,β-unsaturated/α-hetero) is 1. The Kier molecular flexibility index (Phi) is 1.76. The van der Waals surface area contributed by atoms with Gasteiger partial charge < -0.3 is 0 Å². The van der Waals surface area contributed by atoms with Crippen LogP contribution < -0.4 is 0 Å². The van der Waals surface area contributed by atoms with Crippen molar-refractivity contribution in [2.24, 2.45) is 11.8 Å². The number of rotatable bonds is 1. The monoisotopic (exact) mass is 170 g/mol. The maximum Gasteiger partial charge on any atom is 0.141 e. The molecule has 0 bridgehead atoms. The molecule has 2 aliphatic carbocycles. The lowest BCUT2D eigenvalue weighted by Crippen LogP contribution is -2.19. The fraction of sp³-hybridized carbons (Fsp3) is 0.667. The average Bonchev–Trinajstić information content (AvgIpc) is 2.70. The zero-order valence-electron chi connectivity index (χ0n) is 6.35. The molecule has 0 aliphatic heterocycles. The van der Waals surface area contributed by atoms with Gasteiger partial charge in [-0.1, -0.05) is 17.7 Å². The first-order chi connectivity index (χ1) is 5.27. The molecule has 0 aromatic rings. The summed E-state index contributed by atoms with van der Waals surface area (Å²) in [5.74, 6) is 1.38. The highest BCUT2D eigenvalue weighted by molar-refractivity contribution is 6.31. The number of halogens is 1. The van der Waals surface area contributed by atoms with Crippen LogP contribution in [0.1, 0.15) is 25.7 Å². The molecule has 2 heteroatoms. The second-order valence-corrected chi connectivity index (χ2v) is 3.96. The molecule has 0 radical (unpaired) electrons. The third-order valence-electron chi connectivity index (χ3n) is 2.54. The molecule has 2 aliphatic rings. The van der Waals surface area contributed by atoms with E-state index in [1.54, 1.807) is 0 Å². The summed E-state index contributed by atoms with van der Waals surface area (Å²) in [5.41, 5.74) is 0. The first-order valence-electron chi connectivity index (χ1n) is 4.14. The van der Waals surface area contributed by atoms with Gasteiger partial charge in [0.25, 0.3) is 0 Å². The number of carbonyl (C=O) groups excluding carboxylic acids is 1. The van der Waals surface area contributed by atoms with Crippen molar-refractivity contribution in [2.75, 3.05) is 0 Å². The zero-order chi connectivity index (χ0) is 7.84. The van der Waals surface area contributed by atoms with Crippen LogP contribution in [-0.4, -0.2) is 5.78 Å². The number of allylic oxidation sites excluding steroid dienone is 2. The van der Waals surface area contributed by atoms with E-state index in [1.165, 1.54) is 12.8 Å². The van der Waals surface area contributed by atoms with Gasteiger partial charge in [0, 0.05) is 17.4 Å². The van der Waals surface area contributed by atoms with Crippen LogP contribution in [0.15, 0.2) is 11.1 Å². The van der Waals surface area contributed by atoms with Crippen molar-refractivity contribution in [3.8, 4) is 0 Å². The average molecular weight is 171 g/mol. The van der Waals surface area contributed by atoms with Crippen molar-refractivity contribution in [3.05, 3.63) is 11.1 Å². The largest absolute Gasteiger partial charge is 0.299 e. The second-order valence-electron chi connectivity index (χ2n) is 3.47. The highest BCUT2D eigenvalue weighted by Crippen LogP contribution is 2.42. The van der Waals surface area contributed by atoms with E-state index in [9.17, 15) is 4.79 Å². The van der Waals surface area contributed by atoms with Crippen molar-refractivity contribution >= 4 is 17.4 Å². The summed E-state index contributed by atoms with van der Waals surface area (Å²) in [6, 6.07) is 0. The minimum Gasteiger partial charge on any atom is -0.299 e. The molecule has 1 atom stereocenters. The lowest BCUT2D eigenvalue weighted by atomic mass is 9.89. The molecule has 1 fully saturated rings. The molecule has 1 saturated carbocycles. The first-order valence-corrected chi connectivity index (χ1v) is 4.52. The maximum absolute atomic E-state index is 11.4. The molecule has 1 unspecified atom stereocenters. The van der Waals surface area contributed by atoms with Gasteiger partial charge in [0.15, 0.2) is 0 Å². The van der Waals surface area contributed by atoms with Gasteiger partial charge in [-0.25, -0.2) is 0 Å². The quantitative estimate of drug-likeness (QED) is 0.591. The molecule has 11 heavy (non-hydrogen) atoms. The fourth-order valence-corrected chi connectivity index (χ4v) is 1.93. The maximum atomic E-state index is 11.4. The summed E-state index contributed by atoms with van der Waals surface area (Å²) in [6.07, 6.45) is 5.89. The fourth-order valence-electron chi connectivity index (χ4n) is 1.71. The predicted octanol–water partition coefficient (Wildman–Crippen LogP) is 2.50. The second kappa shape index (κ2) is 2.63. The van der Waals surface area contributed by atoms with E-state index in [2.05, 4.69) is 0 Å². The number of ketones is 1. The topological polar surface area (TPSA) is 17.1 Å². The number of hydrogen-bond acceptors (Lipinski definition) is 1. The highest BCUT2D eigenvalue weighted by Gasteiger charge is 2.36. The Morgan fingerprint density at radius 1 is 1.45 bits per heavy atom. The summed E-state index contributed by atoms with van der Waals surface area (Å²) in [6.45, 7) is 0. The molecule has 60 valence electrons. The molecule has 0 N–H and O–H groups in total. The van der Waals surface area contributed by atoms with Gasteiger partial charge in [0.1, 0.15) is 5.78 Å². The van der Waals surface area contributed by atoms with E-state index in [0.29, 0.717) is 24.0 Å². The Hall–Kier alpha value is -0.300. The van der Waals surface area contributed by atoms with Crippen molar-refractivity contribution in [1.82, 2.24) is 0 Å². The number of carbonyl (C=O) groups is 1. The summed E-state index contributed by atoms with van der Waals surface area (Å²) in [5, 5.41) is 0.743. The van der Waals surface area contributed by atoms with Crippen LogP contribution in [-0.2, 0) is 4.79 Å². The lowest BCUT2D eigenvalue weighted by Gasteiger charge is -2.17. The Balaban J connectivity index is 2.07. The molecule has 0 aromatic carbocycles.